The van der Waals surface area contributed by atoms with Gasteiger partial charge in [-0.25, -0.2) is 4.79 Å². The molecule has 0 heterocycles. The molecule has 0 N–H and O–H groups in total. The highest BCUT2D eigenvalue weighted by molar-refractivity contribution is 6.60. The van der Waals surface area contributed by atoms with E-state index in [9.17, 15) is 4.79 Å². The second-order valence-corrected chi connectivity index (χ2v) is 8.89. The molecule has 0 radical (unpaired) electrons. The number of benzene rings is 2. The van der Waals surface area contributed by atoms with E-state index >= 15 is 0 Å². The van der Waals surface area contributed by atoms with Crippen LogP contribution in [0.4, 0.5) is 0 Å². The van der Waals surface area contributed by atoms with Crippen LogP contribution in [0.3, 0.4) is 0 Å². The zero-order valence-corrected chi connectivity index (χ0v) is 18.4. The SMILES string of the molecule is CCO[Si](CCCOc1ccc(OC(=O)c2ccccc2)cc1)(OCC)OCC. The van der Waals surface area contributed by atoms with Crippen LogP contribution >= 0.6 is 0 Å². The number of hydrogen-bond donors (Lipinski definition) is 0. The van der Waals surface area contributed by atoms with Gasteiger partial charge in [-0.15, -0.1) is 0 Å². The topological polar surface area (TPSA) is 63.2 Å². The fourth-order valence-electron chi connectivity index (χ4n) is 2.82. The molecule has 29 heavy (non-hydrogen) atoms. The van der Waals surface area contributed by atoms with E-state index < -0.39 is 8.80 Å². The molecule has 0 aromatic heterocycles. The van der Waals surface area contributed by atoms with Gasteiger partial charge in [-0.2, -0.15) is 0 Å². The maximum absolute atomic E-state index is 12.1. The summed E-state index contributed by atoms with van der Waals surface area (Å²) in [5, 5.41) is 0. The van der Waals surface area contributed by atoms with Crippen LogP contribution in [0.5, 0.6) is 11.5 Å². The molecule has 0 fully saturated rings. The normalized spacial score (nSPS) is 11.3. The van der Waals surface area contributed by atoms with Gasteiger partial charge in [0, 0.05) is 25.9 Å². The van der Waals surface area contributed by atoms with E-state index in [2.05, 4.69) is 0 Å². The van der Waals surface area contributed by atoms with Gasteiger partial charge in [-0.3, -0.25) is 0 Å². The largest absolute Gasteiger partial charge is 0.501 e. The fourth-order valence-corrected chi connectivity index (χ4v) is 5.40. The van der Waals surface area contributed by atoms with E-state index in [1.54, 1.807) is 48.5 Å². The summed E-state index contributed by atoms with van der Waals surface area (Å²) in [4.78, 5) is 12.1. The molecule has 0 spiro atoms. The van der Waals surface area contributed by atoms with Crippen molar-refractivity contribution in [3.63, 3.8) is 0 Å². The van der Waals surface area contributed by atoms with Gasteiger partial charge in [0.15, 0.2) is 0 Å². The number of carbonyl (C=O) groups excluding carboxylic acids is 1. The van der Waals surface area contributed by atoms with Crippen LogP contribution in [-0.4, -0.2) is 41.2 Å². The Hall–Kier alpha value is -2.19. The maximum Gasteiger partial charge on any atom is 0.501 e. The van der Waals surface area contributed by atoms with E-state index in [4.69, 9.17) is 22.8 Å². The van der Waals surface area contributed by atoms with Crippen LogP contribution in [0.25, 0.3) is 0 Å². The Labute approximate surface area is 174 Å². The van der Waals surface area contributed by atoms with Crippen LogP contribution in [-0.2, 0) is 13.3 Å². The molecule has 0 aliphatic heterocycles. The molecule has 2 aromatic carbocycles. The quantitative estimate of drug-likeness (QED) is 0.203. The molecule has 6 nitrogen and oxygen atoms in total. The third-order valence-corrected chi connectivity index (χ3v) is 7.18. The van der Waals surface area contributed by atoms with Crippen molar-refractivity contribution in [2.45, 2.75) is 33.2 Å². The first-order chi connectivity index (χ1) is 14.1. The van der Waals surface area contributed by atoms with Gasteiger partial charge < -0.3 is 22.8 Å². The minimum absolute atomic E-state index is 0.386. The minimum Gasteiger partial charge on any atom is -0.494 e. The van der Waals surface area contributed by atoms with Crippen molar-refractivity contribution in [3.05, 3.63) is 60.2 Å². The van der Waals surface area contributed by atoms with Crippen LogP contribution in [0.15, 0.2) is 54.6 Å². The smallest absolute Gasteiger partial charge is 0.494 e. The Balaban J connectivity index is 1.81. The van der Waals surface area contributed by atoms with Gasteiger partial charge in [0.2, 0.25) is 0 Å². The molecule has 2 rings (SSSR count). The first-order valence-electron chi connectivity index (χ1n) is 10.0. The summed E-state index contributed by atoms with van der Waals surface area (Å²) in [7, 11) is -2.63. The lowest BCUT2D eigenvalue weighted by Crippen LogP contribution is -2.46. The number of ether oxygens (including phenoxy) is 2. The molecule has 2 aromatic rings. The lowest BCUT2D eigenvalue weighted by molar-refractivity contribution is 0.0695. The molecule has 0 saturated carbocycles. The third-order valence-electron chi connectivity index (χ3n) is 4.03. The summed E-state index contributed by atoms with van der Waals surface area (Å²) in [6, 6.07) is 16.6. The summed E-state index contributed by atoms with van der Waals surface area (Å²) in [6.45, 7) is 8.06. The van der Waals surface area contributed by atoms with E-state index in [1.165, 1.54) is 0 Å². The van der Waals surface area contributed by atoms with Gasteiger partial charge in [0.05, 0.1) is 12.2 Å². The molecule has 7 heteroatoms. The predicted octanol–water partition coefficient (Wildman–Crippen LogP) is 4.72. The third kappa shape index (κ3) is 7.62. The van der Waals surface area contributed by atoms with Crippen LogP contribution < -0.4 is 9.47 Å². The first-order valence-corrected chi connectivity index (χ1v) is 12.0. The van der Waals surface area contributed by atoms with Gasteiger partial charge in [0.25, 0.3) is 0 Å². The van der Waals surface area contributed by atoms with E-state index in [-0.39, 0.29) is 5.97 Å². The minimum atomic E-state index is -2.63. The second kappa shape index (κ2) is 12.4. The van der Waals surface area contributed by atoms with E-state index in [0.717, 1.165) is 6.42 Å². The number of rotatable bonds is 13. The summed E-state index contributed by atoms with van der Waals surface area (Å²) in [5.74, 6) is 0.797. The highest BCUT2D eigenvalue weighted by Gasteiger charge is 2.39. The summed E-state index contributed by atoms with van der Waals surface area (Å²) >= 11 is 0. The lowest BCUT2D eigenvalue weighted by atomic mass is 10.2. The molecule has 158 valence electrons. The van der Waals surface area contributed by atoms with Crippen molar-refractivity contribution in [1.82, 2.24) is 0 Å². The molecular formula is C22H30O6Si. The summed E-state index contributed by atoms with van der Waals surface area (Å²) in [6.07, 6.45) is 0.761. The van der Waals surface area contributed by atoms with Crippen molar-refractivity contribution in [2.24, 2.45) is 0 Å². The lowest BCUT2D eigenvalue weighted by Gasteiger charge is -2.28. The molecule has 0 atom stereocenters. The Morgan fingerprint density at radius 2 is 1.34 bits per heavy atom. The highest BCUT2D eigenvalue weighted by Crippen LogP contribution is 2.21. The van der Waals surface area contributed by atoms with Crippen LogP contribution in [0, 0.1) is 0 Å². The molecule has 0 bridgehead atoms. The zero-order chi connectivity index (χ0) is 21.0. The molecule has 0 amide bonds. The predicted molar refractivity (Wildman–Crippen MR) is 113 cm³/mol. The maximum atomic E-state index is 12.1. The standard InChI is InChI=1S/C22H30O6Si/c1-4-25-29(26-5-2,27-6-3)18-10-17-24-20-13-15-21(16-14-20)28-22(23)19-11-8-7-9-12-19/h7-9,11-16H,4-6,10,17-18H2,1-3H3. The van der Waals surface area contributed by atoms with E-state index in [1.807, 2.05) is 26.8 Å². The molecule has 0 aliphatic carbocycles. The van der Waals surface area contributed by atoms with Crippen LogP contribution in [0.1, 0.15) is 37.6 Å². The van der Waals surface area contributed by atoms with Crippen molar-refractivity contribution in [1.29, 1.82) is 0 Å². The molecular weight excluding hydrogens is 388 g/mol. The Morgan fingerprint density at radius 3 is 1.90 bits per heavy atom. The fraction of sp³-hybridized carbons (Fsp3) is 0.409. The van der Waals surface area contributed by atoms with Gasteiger partial charge in [-0.05, 0) is 63.6 Å². The first kappa shape index (κ1) is 23.1. The molecule has 0 unspecified atom stereocenters. The molecule has 0 aliphatic rings. The van der Waals surface area contributed by atoms with Crippen molar-refractivity contribution < 1.29 is 27.5 Å². The van der Waals surface area contributed by atoms with Gasteiger partial charge in [0.1, 0.15) is 11.5 Å². The Morgan fingerprint density at radius 1 is 0.793 bits per heavy atom. The van der Waals surface area contributed by atoms with Crippen molar-refractivity contribution >= 4 is 14.8 Å². The average molecular weight is 419 g/mol. The monoisotopic (exact) mass is 418 g/mol. The second-order valence-electron chi connectivity index (χ2n) is 6.16. The highest BCUT2D eigenvalue weighted by atomic mass is 28.4. The number of hydrogen-bond acceptors (Lipinski definition) is 6. The van der Waals surface area contributed by atoms with E-state index in [0.29, 0.717) is 49.5 Å². The van der Waals surface area contributed by atoms with Gasteiger partial charge in [-0.1, -0.05) is 18.2 Å². The van der Waals surface area contributed by atoms with Crippen LogP contribution in [0.2, 0.25) is 6.04 Å². The Bertz CT molecular complexity index is 703. The zero-order valence-electron chi connectivity index (χ0n) is 17.4. The van der Waals surface area contributed by atoms with Crippen molar-refractivity contribution in [2.75, 3.05) is 26.4 Å². The Kier molecular flexibility index (Phi) is 9.86. The molecule has 0 saturated heterocycles. The number of carbonyl (C=O) groups is 1. The van der Waals surface area contributed by atoms with Gasteiger partial charge >= 0.3 is 14.8 Å². The average Bonchev–Trinajstić information content (AvgIpc) is 2.73. The summed E-state index contributed by atoms with van der Waals surface area (Å²) in [5.41, 5.74) is 0.512. The number of esters is 1. The summed E-state index contributed by atoms with van der Waals surface area (Å²) < 4.78 is 28.7. The van der Waals surface area contributed by atoms with Crippen molar-refractivity contribution in [3.8, 4) is 11.5 Å².